The quantitative estimate of drug-likeness (QED) is 0.235. The van der Waals surface area contributed by atoms with Crippen LogP contribution < -0.4 is 10.3 Å². The molecule has 0 spiro atoms. The summed E-state index contributed by atoms with van der Waals surface area (Å²) in [5.41, 5.74) is 4.62. The van der Waals surface area contributed by atoms with Crippen LogP contribution in [0.4, 0.5) is 5.69 Å². The van der Waals surface area contributed by atoms with Crippen molar-refractivity contribution < 1.29 is 14.4 Å². The topological polar surface area (TPSA) is 82.1 Å². The molecule has 1 aromatic rings. The minimum atomic E-state index is -0.382. The maximum Gasteiger partial charge on any atom is 0.253 e. The van der Waals surface area contributed by atoms with Crippen molar-refractivity contribution in [3.05, 3.63) is 42.0 Å². The molecule has 0 atom stereocenters. The van der Waals surface area contributed by atoms with Crippen LogP contribution in [0.25, 0.3) is 0 Å². The molecule has 3 amide bonds. The Balaban J connectivity index is 1.68. The number of rotatable bonds is 12. The SMILES string of the molecule is O=C(CCCc1ccc(N(CCCl)CCCl)cc1)N/N=C/CN1C(=O)C=CC1=O. The van der Waals surface area contributed by atoms with Gasteiger partial charge in [0.05, 0.1) is 6.54 Å². The minimum absolute atomic E-state index is 0.0295. The fraction of sp³-hybridized carbons (Fsp3) is 0.400. The number of amides is 3. The number of imide groups is 1. The van der Waals surface area contributed by atoms with Gasteiger partial charge in [0.15, 0.2) is 0 Å². The molecule has 0 unspecified atom stereocenters. The van der Waals surface area contributed by atoms with E-state index in [9.17, 15) is 14.4 Å². The Morgan fingerprint density at radius 2 is 1.69 bits per heavy atom. The van der Waals surface area contributed by atoms with E-state index in [2.05, 4.69) is 15.4 Å². The Morgan fingerprint density at radius 3 is 2.28 bits per heavy atom. The first-order valence-electron chi connectivity index (χ1n) is 9.35. The average Bonchev–Trinajstić information content (AvgIpc) is 3.03. The third-order valence-corrected chi connectivity index (χ3v) is 4.66. The van der Waals surface area contributed by atoms with Crippen LogP contribution >= 0.6 is 23.2 Å². The van der Waals surface area contributed by atoms with Crippen molar-refractivity contribution in [2.45, 2.75) is 19.3 Å². The van der Waals surface area contributed by atoms with Crippen LogP contribution in [-0.4, -0.2) is 60.2 Å². The summed E-state index contributed by atoms with van der Waals surface area (Å²) in [6.07, 6.45) is 5.51. The normalized spacial score (nSPS) is 13.5. The van der Waals surface area contributed by atoms with Crippen LogP contribution in [0.15, 0.2) is 41.5 Å². The second-order valence-electron chi connectivity index (χ2n) is 6.35. The van der Waals surface area contributed by atoms with Crippen LogP contribution in [0.1, 0.15) is 18.4 Å². The third kappa shape index (κ3) is 7.51. The lowest BCUT2D eigenvalue weighted by Gasteiger charge is -2.23. The minimum Gasteiger partial charge on any atom is -0.369 e. The monoisotopic (exact) mass is 438 g/mol. The second kappa shape index (κ2) is 12.2. The number of hydrogen-bond acceptors (Lipinski definition) is 5. The molecule has 1 N–H and O–H groups in total. The number of alkyl halides is 2. The van der Waals surface area contributed by atoms with Gasteiger partial charge in [0.1, 0.15) is 0 Å². The van der Waals surface area contributed by atoms with Gasteiger partial charge in [-0.15, -0.1) is 23.2 Å². The molecule has 2 rings (SSSR count). The molecule has 0 fully saturated rings. The fourth-order valence-electron chi connectivity index (χ4n) is 2.81. The molecule has 0 aliphatic carbocycles. The van der Waals surface area contributed by atoms with Crippen molar-refractivity contribution in [3.8, 4) is 0 Å². The van der Waals surface area contributed by atoms with Crippen molar-refractivity contribution in [1.82, 2.24) is 10.3 Å². The largest absolute Gasteiger partial charge is 0.369 e. The molecule has 0 aromatic heterocycles. The summed E-state index contributed by atoms with van der Waals surface area (Å²) >= 11 is 11.7. The van der Waals surface area contributed by atoms with Crippen LogP contribution in [0.3, 0.4) is 0 Å². The fourth-order valence-corrected chi connectivity index (χ4v) is 3.22. The van der Waals surface area contributed by atoms with Gasteiger partial charge in [-0.2, -0.15) is 5.10 Å². The van der Waals surface area contributed by atoms with E-state index in [1.54, 1.807) is 0 Å². The van der Waals surface area contributed by atoms with Gasteiger partial charge in [0, 0.05) is 55.3 Å². The summed E-state index contributed by atoms with van der Waals surface area (Å²) in [7, 11) is 0. The molecule has 29 heavy (non-hydrogen) atoms. The molecule has 1 aliphatic heterocycles. The molecule has 1 heterocycles. The van der Waals surface area contributed by atoms with Gasteiger partial charge >= 0.3 is 0 Å². The Hall–Kier alpha value is -2.38. The van der Waals surface area contributed by atoms with Crippen LogP contribution in [0.5, 0.6) is 0 Å². The van der Waals surface area contributed by atoms with Crippen LogP contribution in [0, 0.1) is 0 Å². The number of hydrogen-bond donors (Lipinski definition) is 1. The van der Waals surface area contributed by atoms with E-state index in [1.165, 1.54) is 18.4 Å². The molecule has 0 radical (unpaired) electrons. The second-order valence-corrected chi connectivity index (χ2v) is 7.11. The number of nitrogens with one attached hydrogen (secondary N) is 1. The zero-order chi connectivity index (χ0) is 21.1. The molecule has 0 saturated heterocycles. The predicted octanol–water partition coefficient (Wildman–Crippen LogP) is 2.32. The van der Waals surface area contributed by atoms with Gasteiger partial charge < -0.3 is 4.90 Å². The average molecular weight is 439 g/mol. The Kier molecular flexibility index (Phi) is 9.67. The van der Waals surface area contributed by atoms with Crippen molar-refractivity contribution in [2.24, 2.45) is 5.10 Å². The van der Waals surface area contributed by atoms with Gasteiger partial charge in [-0.1, -0.05) is 12.1 Å². The predicted molar refractivity (Wildman–Crippen MR) is 116 cm³/mol. The Labute approximate surface area is 180 Å². The number of halogens is 2. The molecular formula is C20H24Cl2N4O3. The summed E-state index contributed by atoms with van der Waals surface area (Å²) in [5, 5.41) is 3.77. The number of benzene rings is 1. The maximum atomic E-state index is 11.8. The van der Waals surface area contributed by atoms with Crippen molar-refractivity contribution in [2.75, 3.05) is 36.3 Å². The summed E-state index contributed by atoms with van der Waals surface area (Å²) in [5.74, 6) is 0.0974. The zero-order valence-corrected chi connectivity index (χ0v) is 17.5. The van der Waals surface area contributed by atoms with E-state index in [1.807, 2.05) is 24.3 Å². The van der Waals surface area contributed by atoms with E-state index >= 15 is 0 Å². The Morgan fingerprint density at radius 1 is 1.07 bits per heavy atom. The van der Waals surface area contributed by atoms with E-state index in [4.69, 9.17) is 23.2 Å². The molecule has 1 aliphatic rings. The van der Waals surface area contributed by atoms with Crippen molar-refractivity contribution in [1.29, 1.82) is 0 Å². The first kappa shape index (κ1) is 22.9. The highest BCUT2D eigenvalue weighted by Gasteiger charge is 2.21. The van der Waals surface area contributed by atoms with Crippen LogP contribution in [0.2, 0.25) is 0 Å². The zero-order valence-electron chi connectivity index (χ0n) is 16.0. The molecule has 7 nitrogen and oxygen atoms in total. The van der Waals surface area contributed by atoms with Gasteiger partial charge in [-0.25, -0.2) is 5.43 Å². The number of hydrazone groups is 1. The highest BCUT2D eigenvalue weighted by atomic mass is 35.5. The Bertz CT molecular complexity index is 741. The van der Waals surface area contributed by atoms with Crippen LogP contribution in [-0.2, 0) is 20.8 Å². The van der Waals surface area contributed by atoms with Gasteiger partial charge in [0.25, 0.3) is 11.8 Å². The molecule has 0 saturated carbocycles. The standard InChI is InChI=1S/C20H24Cl2N4O3/c21-10-13-25(14-11-22)17-6-4-16(5-7-17)2-1-3-18(27)24-23-12-15-26-19(28)8-9-20(26)29/h4-9,12H,1-3,10-11,13-15H2,(H,24,27)/b23-12+. The summed E-state index contributed by atoms with van der Waals surface area (Å²) in [6.45, 7) is 1.51. The molecular weight excluding hydrogens is 415 g/mol. The highest BCUT2D eigenvalue weighted by molar-refractivity contribution is 6.18. The van der Waals surface area contributed by atoms with Crippen molar-refractivity contribution >= 4 is 52.8 Å². The molecule has 9 heteroatoms. The van der Waals surface area contributed by atoms with E-state index < -0.39 is 0 Å². The van der Waals surface area contributed by atoms with Gasteiger partial charge in [0.2, 0.25) is 5.91 Å². The molecule has 1 aromatic carbocycles. The van der Waals surface area contributed by atoms with E-state index in [-0.39, 0.29) is 24.3 Å². The molecule has 0 bridgehead atoms. The number of nitrogens with zero attached hydrogens (tertiary/aromatic N) is 3. The van der Waals surface area contributed by atoms with Crippen molar-refractivity contribution in [3.63, 3.8) is 0 Å². The lowest BCUT2D eigenvalue weighted by Crippen LogP contribution is -2.32. The van der Waals surface area contributed by atoms with Gasteiger partial charge in [-0.3, -0.25) is 19.3 Å². The first-order chi connectivity index (χ1) is 14.0. The summed E-state index contributed by atoms with van der Waals surface area (Å²) in [6, 6.07) is 8.15. The number of carbonyl (C=O) groups is 3. The number of aryl methyl sites for hydroxylation is 1. The molecule has 156 valence electrons. The van der Waals surface area contributed by atoms with E-state index in [0.29, 0.717) is 24.6 Å². The number of anilines is 1. The first-order valence-corrected chi connectivity index (χ1v) is 10.4. The smallest absolute Gasteiger partial charge is 0.253 e. The van der Waals surface area contributed by atoms with Gasteiger partial charge in [-0.05, 0) is 30.5 Å². The summed E-state index contributed by atoms with van der Waals surface area (Å²) < 4.78 is 0. The lowest BCUT2D eigenvalue weighted by molar-refractivity contribution is -0.135. The summed E-state index contributed by atoms with van der Waals surface area (Å²) in [4.78, 5) is 37.7. The third-order valence-electron chi connectivity index (χ3n) is 4.32. The van der Waals surface area contributed by atoms with E-state index in [0.717, 1.165) is 35.7 Å². The maximum absolute atomic E-state index is 11.8. The lowest BCUT2D eigenvalue weighted by atomic mass is 10.1. The highest BCUT2D eigenvalue weighted by Crippen LogP contribution is 2.17. The number of carbonyl (C=O) groups excluding carboxylic acids is 3.